The van der Waals surface area contributed by atoms with Gasteiger partial charge in [0, 0.05) is 49.1 Å². The van der Waals surface area contributed by atoms with Gasteiger partial charge in [0.1, 0.15) is 5.15 Å². The van der Waals surface area contributed by atoms with Crippen molar-refractivity contribution in [2.24, 2.45) is 0 Å². The Morgan fingerprint density at radius 3 is 2.76 bits per heavy atom. The smallest absolute Gasteiger partial charge is 0.254 e. The summed E-state index contributed by atoms with van der Waals surface area (Å²) in [7, 11) is 2.14. The predicted molar refractivity (Wildman–Crippen MR) is 104 cm³/mol. The molecule has 0 atom stereocenters. The van der Waals surface area contributed by atoms with Gasteiger partial charge >= 0.3 is 0 Å². The number of amides is 1. The van der Waals surface area contributed by atoms with E-state index in [2.05, 4.69) is 55.2 Å². The van der Waals surface area contributed by atoms with E-state index in [1.54, 1.807) is 12.3 Å². The molecule has 3 rings (SSSR count). The van der Waals surface area contributed by atoms with Gasteiger partial charge in [-0.05, 0) is 40.7 Å². The molecule has 0 unspecified atom stereocenters. The molecule has 2 aromatic rings. The number of para-hydroxylation sites is 1. The minimum Gasteiger partial charge on any atom is -0.369 e. The van der Waals surface area contributed by atoms with Crippen molar-refractivity contribution in [3.05, 3.63) is 57.3 Å². The summed E-state index contributed by atoms with van der Waals surface area (Å²) in [6, 6.07) is 9.87. The molecule has 0 bridgehead atoms. The number of likely N-dealkylation sites (N-methyl/N-ethyl adjacent to an activating group) is 1. The number of aromatic nitrogens is 1. The first-order chi connectivity index (χ1) is 12.0. The number of carbonyl (C=O) groups is 1. The largest absolute Gasteiger partial charge is 0.369 e. The monoisotopic (exact) mass is 422 g/mol. The number of carbonyl (C=O) groups excluding carboxylic acids is 1. The fourth-order valence-electron chi connectivity index (χ4n) is 2.87. The summed E-state index contributed by atoms with van der Waals surface area (Å²) in [5, 5.41) is 3.15. The van der Waals surface area contributed by atoms with Crippen molar-refractivity contribution in [1.29, 1.82) is 0 Å². The summed E-state index contributed by atoms with van der Waals surface area (Å²) in [5.74, 6) is -0.230. The number of hydrogen-bond acceptors (Lipinski definition) is 4. The number of pyridine rings is 1. The molecule has 1 aliphatic heterocycles. The third-order valence-electron chi connectivity index (χ3n) is 4.33. The molecule has 25 heavy (non-hydrogen) atoms. The topological polar surface area (TPSA) is 48.5 Å². The van der Waals surface area contributed by atoms with Crippen molar-refractivity contribution in [1.82, 2.24) is 15.2 Å². The number of benzene rings is 1. The lowest BCUT2D eigenvalue weighted by Crippen LogP contribution is -2.45. The fourth-order valence-corrected chi connectivity index (χ4v) is 3.39. The van der Waals surface area contributed by atoms with Crippen LogP contribution < -0.4 is 10.2 Å². The van der Waals surface area contributed by atoms with Gasteiger partial charge < -0.3 is 15.1 Å². The van der Waals surface area contributed by atoms with Crippen molar-refractivity contribution >= 4 is 39.1 Å². The second-order valence-electron chi connectivity index (χ2n) is 6.09. The van der Waals surface area contributed by atoms with Gasteiger partial charge in [-0.3, -0.25) is 4.79 Å². The maximum absolute atomic E-state index is 12.4. The molecule has 7 heteroatoms. The predicted octanol–water partition coefficient (Wildman–Crippen LogP) is 3.18. The lowest BCUT2D eigenvalue weighted by molar-refractivity contribution is 0.0950. The number of nitrogens with zero attached hydrogens (tertiary/aromatic N) is 3. The summed E-state index contributed by atoms with van der Waals surface area (Å²) < 4.78 is 0.722. The molecule has 132 valence electrons. The van der Waals surface area contributed by atoms with Crippen molar-refractivity contribution in [2.75, 3.05) is 38.1 Å². The zero-order chi connectivity index (χ0) is 17.8. The highest BCUT2D eigenvalue weighted by Crippen LogP contribution is 2.22. The minimum absolute atomic E-state index is 0.202. The van der Waals surface area contributed by atoms with Crippen LogP contribution in [-0.2, 0) is 6.54 Å². The van der Waals surface area contributed by atoms with Crippen LogP contribution in [0.15, 0.2) is 41.0 Å². The molecule has 0 saturated carbocycles. The van der Waals surface area contributed by atoms with Crippen LogP contribution in [0.4, 0.5) is 5.69 Å². The third kappa shape index (κ3) is 4.51. The van der Waals surface area contributed by atoms with E-state index < -0.39 is 0 Å². The van der Waals surface area contributed by atoms with E-state index in [0.717, 1.165) is 36.2 Å². The zero-order valence-corrected chi connectivity index (χ0v) is 16.3. The number of rotatable bonds is 4. The van der Waals surface area contributed by atoms with Gasteiger partial charge in [0.15, 0.2) is 0 Å². The van der Waals surface area contributed by atoms with Crippen molar-refractivity contribution in [3.63, 3.8) is 0 Å². The molecule has 5 nitrogen and oxygen atoms in total. The standard InChI is InChI=1S/C18H20BrClN4O/c1-23-6-8-24(9-7-23)16-5-3-2-4-13(16)11-22-18(25)15-10-14(19)12-21-17(15)20/h2-5,10,12H,6-9,11H2,1H3,(H,22,25). The normalized spacial score (nSPS) is 15.2. The van der Waals surface area contributed by atoms with Crippen LogP contribution in [0.1, 0.15) is 15.9 Å². The lowest BCUT2D eigenvalue weighted by atomic mass is 10.1. The van der Waals surface area contributed by atoms with Crippen molar-refractivity contribution in [2.45, 2.75) is 6.54 Å². The van der Waals surface area contributed by atoms with E-state index >= 15 is 0 Å². The van der Waals surface area contributed by atoms with Crippen LogP contribution in [0, 0.1) is 0 Å². The summed E-state index contributed by atoms with van der Waals surface area (Å²) >= 11 is 9.35. The van der Waals surface area contributed by atoms with Gasteiger partial charge in [-0.25, -0.2) is 4.98 Å². The molecule has 2 heterocycles. The number of piperazine rings is 1. The maximum atomic E-state index is 12.4. The molecular weight excluding hydrogens is 404 g/mol. The number of nitrogens with one attached hydrogen (secondary N) is 1. The molecule has 1 saturated heterocycles. The van der Waals surface area contributed by atoms with E-state index in [1.165, 1.54) is 5.69 Å². The SMILES string of the molecule is CN1CCN(c2ccccc2CNC(=O)c2cc(Br)cnc2Cl)CC1. The van der Waals surface area contributed by atoms with E-state index in [1.807, 2.05) is 12.1 Å². The molecular formula is C18H20BrClN4O. The fraction of sp³-hybridized carbons (Fsp3) is 0.333. The maximum Gasteiger partial charge on any atom is 0.254 e. The molecule has 1 aromatic carbocycles. The summed E-state index contributed by atoms with van der Waals surface area (Å²) in [6.45, 7) is 4.51. The first-order valence-electron chi connectivity index (χ1n) is 8.15. The number of halogens is 2. The summed E-state index contributed by atoms with van der Waals surface area (Å²) in [5.41, 5.74) is 2.64. The minimum atomic E-state index is -0.230. The van der Waals surface area contributed by atoms with Gasteiger partial charge in [0.25, 0.3) is 5.91 Å². The van der Waals surface area contributed by atoms with Crippen molar-refractivity contribution in [3.8, 4) is 0 Å². The van der Waals surface area contributed by atoms with Gasteiger partial charge in [-0.1, -0.05) is 29.8 Å². The van der Waals surface area contributed by atoms with Crippen LogP contribution in [0.2, 0.25) is 5.15 Å². The molecule has 1 aliphatic rings. The zero-order valence-electron chi connectivity index (χ0n) is 14.0. The number of hydrogen-bond donors (Lipinski definition) is 1. The van der Waals surface area contributed by atoms with Crippen LogP contribution in [-0.4, -0.2) is 49.0 Å². The van der Waals surface area contributed by atoms with Gasteiger partial charge in [0.05, 0.1) is 5.56 Å². The first kappa shape index (κ1) is 18.2. The Balaban J connectivity index is 1.71. The van der Waals surface area contributed by atoms with Gasteiger partial charge in [0.2, 0.25) is 0 Å². The molecule has 0 radical (unpaired) electrons. The summed E-state index contributed by atoms with van der Waals surface area (Å²) in [4.78, 5) is 21.1. The highest BCUT2D eigenvalue weighted by molar-refractivity contribution is 9.10. The highest BCUT2D eigenvalue weighted by Gasteiger charge is 2.18. The molecule has 0 spiro atoms. The van der Waals surface area contributed by atoms with Gasteiger partial charge in [-0.2, -0.15) is 0 Å². The Morgan fingerprint density at radius 2 is 2.00 bits per heavy atom. The third-order valence-corrected chi connectivity index (χ3v) is 5.06. The Bertz CT molecular complexity index is 762. The van der Waals surface area contributed by atoms with E-state index in [9.17, 15) is 4.79 Å². The molecule has 1 N–H and O–H groups in total. The van der Waals surface area contributed by atoms with E-state index in [0.29, 0.717) is 12.1 Å². The Morgan fingerprint density at radius 1 is 1.28 bits per heavy atom. The average molecular weight is 424 g/mol. The second-order valence-corrected chi connectivity index (χ2v) is 7.37. The van der Waals surface area contributed by atoms with Gasteiger partial charge in [-0.15, -0.1) is 0 Å². The molecule has 1 fully saturated rings. The van der Waals surface area contributed by atoms with E-state index in [4.69, 9.17) is 11.6 Å². The molecule has 1 aromatic heterocycles. The Labute approximate surface area is 161 Å². The number of anilines is 1. The molecule has 0 aliphatic carbocycles. The Kier molecular flexibility index (Phi) is 5.93. The van der Waals surface area contributed by atoms with Crippen LogP contribution in [0.5, 0.6) is 0 Å². The van der Waals surface area contributed by atoms with Crippen molar-refractivity contribution < 1.29 is 4.79 Å². The summed E-state index contributed by atoms with van der Waals surface area (Å²) in [6.07, 6.45) is 1.57. The van der Waals surface area contributed by atoms with Crippen LogP contribution in [0.25, 0.3) is 0 Å². The molecule has 1 amide bonds. The van der Waals surface area contributed by atoms with Crippen LogP contribution >= 0.6 is 27.5 Å². The van der Waals surface area contributed by atoms with Crippen LogP contribution in [0.3, 0.4) is 0 Å². The Hall–Kier alpha value is -1.63. The second kappa shape index (κ2) is 8.17. The highest BCUT2D eigenvalue weighted by atomic mass is 79.9. The lowest BCUT2D eigenvalue weighted by Gasteiger charge is -2.35. The van der Waals surface area contributed by atoms with E-state index in [-0.39, 0.29) is 11.1 Å². The average Bonchev–Trinajstić information content (AvgIpc) is 2.63. The first-order valence-corrected chi connectivity index (χ1v) is 9.32. The quantitative estimate of drug-likeness (QED) is 0.767.